The highest BCUT2D eigenvalue weighted by Crippen LogP contribution is 2.16. The molecular formula is C19H29N3O2. The van der Waals surface area contributed by atoms with Gasteiger partial charge < -0.3 is 15.5 Å². The van der Waals surface area contributed by atoms with Crippen molar-refractivity contribution in [2.75, 3.05) is 18.4 Å². The predicted octanol–water partition coefficient (Wildman–Crippen LogP) is 3.46. The number of urea groups is 1. The average molecular weight is 331 g/mol. The Bertz CT molecular complexity index is 592. The average Bonchev–Trinajstić information content (AvgIpc) is 2.57. The number of nitrogens with one attached hydrogen (secondary N) is 2. The summed E-state index contributed by atoms with van der Waals surface area (Å²) in [6.45, 7) is 9.53. The number of rotatable bonds is 4. The quantitative estimate of drug-likeness (QED) is 0.887. The number of benzene rings is 1. The number of carbonyl (C=O) groups is 2. The molecule has 0 bridgehead atoms. The highest BCUT2D eigenvalue weighted by Gasteiger charge is 2.25. The monoisotopic (exact) mass is 331 g/mol. The summed E-state index contributed by atoms with van der Waals surface area (Å²) in [4.78, 5) is 26.3. The van der Waals surface area contributed by atoms with Crippen LogP contribution in [0, 0.1) is 19.8 Å². The number of likely N-dealkylation sites (tertiary alicyclic amines) is 1. The maximum absolute atomic E-state index is 12.2. The smallest absolute Gasteiger partial charge is 0.319 e. The fraction of sp³-hybridized carbons (Fsp3) is 0.579. The lowest BCUT2D eigenvalue weighted by Crippen LogP contribution is -2.48. The second kappa shape index (κ2) is 8.18. The zero-order valence-corrected chi connectivity index (χ0v) is 15.2. The minimum atomic E-state index is -0.176. The van der Waals surface area contributed by atoms with E-state index in [9.17, 15) is 9.59 Å². The summed E-state index contributed by atoms with van der Waals surface area (Å²) in [7, 11) is 0. The summed E-state index contributed by atoms with van der Waals surface area (Å²) < 4.78 is 0. The van der Waals surface area contributed by atoms with E-state index in [1.807, 2.05) is 50.8 Å². The number of piperidine rings is 1. The second-order valence-corrected chi connectivity index (χ2v) is 6.81. The molecule has 1 heterocycles. The van der Waals surface area contributed by atoms with Gasteiger partial charge in [-0.25, -0.2) is 4.79 Å². The third-order valence-corrected chi connectivity index (χ3v) is 4.94. The van der Waals surface area contributed by atoms with Crippen LogP contribution in [-0.4, -0.2) is 36.0 Å². The minimum absolute atomic E-state index is 0.0857. The maximum Gasteiger partial charge on any atom is 0.319 e. The fourth-order valence-electron chi connectivity index (χ4n) is 2.90. The van der Waals surface area contributed by atoms with Crippen LogP contribution in [0.1, 0.15) is 44.2 Å². The van der Waals surface area contributed by atoms with Crippen LogP contribution in [0.3, 0.4) is 0 Å². The third-order valence-electron chi connectivity index (χ3n) is 4.94. The van der Waals surface area contributed by atoms with Crippen molar-refractivity contribution in [1.82, 2.24) is 10.2 Å². The van der Waals surface area contributed by atoms with E-state index < -0.39 is 0 Å². The molecule has 1 saturated heterocycles. The Morgan fingerprint density at radius 1 is 1.21 bits per heavy atom. The molecule has 5 nitrogen and oxygen atoms in total. The second-order valence-electron chi connectivity index (χ2n) is 6.81. The molecule has 1 atom stereocenters. The lowest BCUT2D eigenvalue weighted by molar-refractivity contribution is -0.136. The highest BCUT2D eigenvalue weighted by molar-refractivity contribution is 5.89. The SMILES string of the molecule is CC[C@H](C)C(=O)N1CCC(NC(=O)Nc2ccc(C)c(C)c2)CC1. The Labute approximate surface area is 144 Å². The molecular weight excluding hydrogens is 302 g/mol. The van der Waals surface area contributed by atoms with E-state index in [-0.39, 0.29) is 23.9 Å². The summed E-state index contributed by atoms with van der Waals surface area (Å²) in [5.41, 5.74) is 3.17. The van der Waals surface area contributed by atoms with E-state index in [2.05, 4.69) is 10.6 Å². The first-order valence-corrected chi connectivity index (χ1v) is 8.84. The van der Waals surface area contributed by atoms with Crippen molar-refractivity contribution >= 4 is 17.6 Å². The Kier molecular flexibility index (Phi) is 6.23. The van der Waals surface area contributed by atoms with E-state index in [1.165, 1.54) is 5.56 Å². The first kappa shape index (κ1) is 18.3. The Morgan fingerprint density at radius 2 is 1.88 bits per heavy atom. The van der Waals surface area contributed by atoms with Crippen LogP contribution in [0.15, 0.2) is 18.2 Å². The zero-order valence-electron chi connectivity index (χ0n) is 15.2. The van der Waals surface area contributed by atoms with Crippen molar-refractivity contribution in [3.05, 3.63) is 29.3 Å². The molecule has 1 aliphatic heterocycles. The van der Waals surface area contributed by atoms with Gasteiger partial charge in [-0.3, -0.25) is 4.79 Å². The Hall–Kier alpha value is -2.04. The van der Waals surface area contributed by atoms with Crippen LogP contribution >= 0.6 is 0 Å². The van der Waals surface area contributed by atoms with Gasteiger partial charge in [-0.15, -0.1) is 0 Å². The summed E-state index contributed by atoms with van der Waals surface area (Å²) in [6.07, 6.45) is 2.49. The van der Waals surface area contributed by atoms with Gasteiger partial charge in [-0.2, -0.15) is 0 Å². The number of anilines is 1. The molecule has 0 saturated carbocycles. The van der Waals surface area contributed by atoms with E-state index in [0.29, 0.717) is 0 Å². The lowest BCUT2D eigenvalue weighted by atomic mass is 10.0. The van der Waals surface area contributed by atoms with E-state index in [0.717, 1.165) is 43.6 Å². The molecule has 0 aromatic heterocycles. The number of amides is 3. The standard InChI is InChI=1S/C19H29N3O2/c1-5-13(2)18(23)22-10-8-16(9-11-22)20-19(24)21-17-7-6-14(3)15(4)12-17/h6-7,12-13,16H,5,8-11H2,1-4H3,(H2,20,21,24)/t13-/m0/s1. The van der Waals surface area contributed by atoms with Crippen LogP contribution in [0.5, 0.6) is 0 Å². The Morgan fingerprint density at radius 3 is 2.46 bits per heavy atom. The Balaban J connectivity index is 1.80. The molecule has 3 amide bonds. The minimum Gasteiger partial charge on any atom is -0.342 e. The summed E-state index contributed by atoms with van der Waals surface area (Å²) >= 11 is 0. The van der Waals surface area contributed by atoms with Crippen LogP contribution in [0.4, 0.5) is 10.5 Å². The first-order chi connectivity index (χ1) is 11.4. The molecule has 0 aliphatic carbocycles. The molecule has 132 valence electrons. The van der Waals surface area contributed by atoms with Crippen LogP contribution in [-0.2, 0) is 4.79 Å². The molecule has 2 N–H and O–H groups in total. The van der Waals surface area contributed by atoms with Crippen molar-refractivity contribution in [3.8, 4) is 0 Å². The van der Waals surface area contributed by atoms with Gasteiger partial charge in [-0.05, 0) is 56.4 Å². The number of carbonyl (C=O) groups excluding carboxylic acids is 2. The van der Waals surface area contributed by atoms with Crippen molar-refractivity contribution in [2.45, 2.75) is 53.0 Å². The number of aryl methyl sites for hydroxylation is 2. The molecule has 5 heteroatoms. The summed E-state index contributed by atoms with van der Waals surface area (Å²) in [5.74, 6) is 0.318. The number of nitrogens with zero attached hydrogens (tertiary/aromatic N) is 1. The lowest BCUT2D eigenvalue weighted by Gasteiger charge is -2.33. The maximum atomic E-state index is 12.2. The van der Waals surface area contributed by atoms with Crippen LogP contribution in [0.25, 0.3) is 0 Å². The zero-order chi connectivity index (χ0) is 17.7. The molecule has 0 spiro atoms. The molecule has 2 rings (SSSR count). The van der Waals surface area contributed by atoms with Crippen molar-refractivity contribution in [3.63, 3.8) is 0 Å². The highest BCUT2D eigenvalue weighted by atomic mass is 16.2. The van der Waals surface area contributed by atoms with Gasteiger partial charge in [0.2, 0.25) is 5.91 Å². The van der Waals surface area contributed by atoms with Gasteiger partial charge in [0.25, 0.3) is 0 Å². The van der Waals surface area contributed by atoms with E-state index >= 15 is 0 Å². The molecule has 1 aliphatic rings. The van der Waals surface area contributed by atoms with E-state index in [4.69, 9.17) is 0 Å². The molecule has 1 fully saturated rings. The van der Waals surface area contributed by atoms with Gasteiger partial charge in [0.1, 0.15) is 0 Å². The molecule has 24 heavy (non-hydrogen) atoms. The predicted molar refractivity (Wildman–Crippen MR) is 97.1 cm³/mol. The molecule has 1 aromatic rings. The largest absolute Gasteiger partial charge is 0.342 e. The van der Waals surface area contributed by atoms with E-state index in [1.54, 1.807) is 0 Å². The molecule has 0 unspecified atom stereocenters. The van der Waals surface area contributed by atoms with Crippen molar-refractivity contribution in [1.29, 1.82) is 0 Å². The van der Waals surface area contributed by atoms with Gasteiger partial charge >= 0.3 is 6.03 Å². The van der Waals surface area contributed by atoms with Crippen molar-refractivity contribution < 1.29 is 9.59 Å². The summed E-state index contributed by atoms with van der Waals surface area (Å²) in [5, 5.41) is 5.90. The fourth-order valence-corrected chi connectivity index (χ4v) is 2.90. The summed E-state index contributed by atoms with van der Waals surface area (Å²) in [6, 6.07) is 5.84. The first-order valence-electron chi connectivity index (χ1n) is 8.84. The van der Waals surface area contributed by atoms with Gasteiger partial charge in [0.15, 0.2) is 0 Å². The van der Waals surface area contributed by atoms with Crippen molar-refractivity contribution in [2.24, 2.45) is 5.92 Å². The number of hydrogen-bond acceptors (Lipinski definition) is 2. The topological polar surface area (TPSA) is 61.4 Å². The van der Waals surface area contributed by atoms with Crippen LogP contribution in [0.2, 0.25) is 0 Å². The van der Waals surface area contributed by atoms with Crippen LogP contribution < -0.4 is 10.6 Å². The molecule has 0 radical (unpaired) electrons. The van der Waals surface area contributed by atoms with Gasteiger partial charge in [0.05, 0.1) is 0 Å². The number of hydrogen-bond donors (Lipinski definition) is 2. The van der Waals surface area contributed by atoms with Gasteiger partial charge in [0, 0.05) is 30.7 Å². The third kappa shape index (κ3) is 4.73. The van der Waals surface area contributed by atoms with Gasteiger partial charge in [-0.1, -0.05) is 19.9 Å². The normalized spacial score (nSPS) is 16.6. The molecule has 1 aromatic carbocycles.